The maximum absolute atomic E-state index is 15.2. The predicted molar refractivity (Wildman–Crippen MR) is 131 cm³/mol. The van der Waals surface area contributed by atoms with Crippen molar-refractivity contribution in [3.63, 3.8) is 0 Å². The van der Waals surface area contributed by atoms with Crippen molar-refractivity contribution < 1.29 is 22.7 Å². The van der Waals surface area contributed by atoms with Crippen molar-refractivity contribution in [3.8, 4) is 0 Å². The molecule has 12 heteroatoms. The molecule has 1 aliphatic rings. The summed E-state index contributed by atoms with van der Waals surface area (Å²) in [5.74, 6) is -3.43. The van der Waals surface area contributed by atoms with Gasteiger partial charge in [0.15, 0.2) is 11.6 Å². The molecule has 1 aliphatic heterocycles. The van der Waals surface area contributed by atoms with Gasteiger partial charge in [-0.25, -0.2) is 22.9 Å². The highest BCUT2D eigenvalue weighted by atomic mass is 35.5. The zero-order valence-corrected chi connectivity index (χ0v) is 21.4. The number of nitrogens with zero attached hydrogens (tertiary/aromatic N) is 3. The van der Waals surface area contributed by atoms with Gasteiger partial charge in [0, 0.05) is 19.2 Å². The number of nitrogens with one attached hydrogen (secondary N) is 1. The molecular formula is C24H23Cl2F3N4O3. The number of benzene rings is 2. The number of amides is 1. The zero-order valence-electron chi connectivity index (χ0n) is 19.9. The topological polar surface area (TPSA) is 76.5 Å². The Morgan fingerprint density at radius 2 is 1.89 bits per heavy atom. The maximum atomic E-state index is 15.2. The molecule has 0 spiro atoms. The molecule has 0 radical (unpaired) electrons. The van der Waals surface area contributed by atoms with Gasteiger partial charge in [-0.05, 0) is 45.4 Å². The molecule has 1 fully saturated rings. The van der Waals surface area contributed by atoms with Gasteiger partial charge in [0.2, 0.25) is 0 Å². The molecule has 0 saturated carbocycles. The Balaban J connectivity index is 1.88. The molecule has 2 aromatic carbocycles. The first-order valence-electron chi connectivity index (χ1n) is 11.0. The number of hydrogen-bond donors (Lipinski definition) is 1. The van der Waals surface area contributed by atoms with Gasteiger partial charge in [0.1, 0.15) is 16.9 Å². The summed E-state index contributed by atoms with van der Waals surface area (Å²) in [7, 11) is 1.42. The van der Waals surface area contributed by atoms with E-state index in [4.69, 9.17) is 27.9 Å². The minimum Gasteiger partial charge on any atom is -0.444 e. The van der Waals surface area contributed by atoms with Crippen molar-refractivity contribution in [1.82, 2.24) is 14.5 Å². The quantitative estimate of drug-likeness (QED) is 0.435. The van der Waals surface area contributed by atoms with Crippen molar-refractivity contribution in [2.24, 2.45) is 7.05 Å². The number of anilines is 1. The van der Waals surface area contributed by atoms with E-state index in [9.17, 15) is 14.0 Å². The van der Waals surface area contributed by atoms with Crippen LogP contribution in [-0.2, 0) is 17.3 Å². The number of carbonyl (C=O) groups excluding carboxylic acids is 1. The first kappa shape index (κ1) is 26.1. The summed E-state index contributed by atoms with van der Waals surface area (Å²) >= 11 is 12.6. The fourth-order valence-corrected chi connectivity index (χ4v) is 4.76. The molecule has 0 unspecified atom stereocenters. The minimum absolute atomic E-state index is 0.0354. The average Bonchev–Trinajstić information content (AvgIpc) is 3.21. The summed E-state index contributed by atoms with van der Waals surface area (Å²) in [6, 6.07) is 3.47. The number of aryl methyl sites for hydroxylation is 1. The van der Waals surface area contributed by atoms with Gasteiger partial charge in [-0.15, -0.1) is 0 Å². The number of likely N-dealkylation sites (tertiary alicyclic amines) is 1. The first-order chi connectivity index (χ1) is 16.7. The molecule has 1 saturated heterocycles. The van der Waals surface area contributed by atoms with E-state index in [1.165, 1.54) is 18.0 Å². The highest BCUT2D eigenvalue weighted by Gasteiger charge is 2.46. The lowest BCUT2D eigenvalue weighted by molar-refractivity contribution is 0.0286. The van der Waals surface area contributed by atoms with E-state index in [1.54, 1.807) is 20.8 Å². The Kier molecular flexibility index (Phi) is 6.63. The van der Waals surface area contributed by atoms with Gasteiger partial charge in [-0.3, -0.25) is 4.79 Å². The number of carbonyl (C=O) groups is 1. The van der Waals surface area contributed by atoms with Gasteiger partial charge in [-0.1, -0.05) is 23.2 Å². The van der Waals surface area contributed by atoms with Crippen LogP contribution in [-0.4, -0.2) is 39.2 Å². The van der Waals surface area contributed by atoms with Crippen LogP contribution in [0.15, 0.2) is 29.3 Å². The molecule has 7 nitrogen and oxygen atoms in total. The lowest BCUT2D eigenvalue weighted by Gasteiger charge is -2.34. The third kappa shape index (κ3) is 4.59. The Hall–Kier alpha value is -2.98. The summed E-state index contributed by atoms with van der Waals surface area (Å²) in [6.45, 7) is 4.97. The standard InChI is InChI=1S/C24H23Cl2F3N4O3/c1-23(2,3)36-22(35)33-8-7-24(10-33,16-14(27)6-5-13(25)17(16)26)31-15-9-12-20(19(29)18(15)28)30-11-32(4)21(12)34/h5-6,9,11,31H,7-8,10H2,1-4H3/t24-/m0/s1. The molecule has 1 N–H and O–H groups in total. The highest BCUT2D eigenvalue weighted by Crippen LogP contribution is 2.44. The molecule has 3 aromatic rings. The van der Waals surface area contributed by atoms with E-state index in [0.29, 0.717) is 0 Å². The van der Waals surface area contributed by atoms with Crippen LogP contribution >= 0.6 is 23.2 Å². The number of halogens is 5. The van der Waals surface area contributed by atoms with Gasteiger partial charge < -0.3 is 19.5 Å². The average molecular weight is 543 g/mol. The zero-order chi connectivity index (χ0) is 26.6. The third-order valence-electron chi connectivity index (χ3n) is 5.91. The number of ether oxygens (including phenoxy) is 1. The number of aromatic nitrogens is 2. The van der Waals surface area contributed by atoms with Gasteiger partial charge in [0.25, 0.3) is 5.56 Å². The second-order valence-electron chi connectivity index (χ2n) is 9.69. The van der Waals surface area contributed by atoms with Crippen LogP contribution in [0.5, 0.6) is 0 Å². The molecule has 1 amide bonds. The fraction of sp³-hybridized carbons (Fsp3) is 0.375. The Morgan fingerprint density at radius 3 is 2.56 bits per heavy atom. The monoisotopic (exact) mass is 542 g/mol. The van der Waals surface area contributed by atoms with Crippen LogP contribution < -0.4 is 10.9 Å². The summed E-state index contributed by atoms with van der Waals surface area (Å²) in [4.78, 5) is 30.5. The number of fused-ring (bicyclic) bond motifs is 1. The van der Waals surface area contributed by atoms with E-state index in [2.05, 4.69) is 10.3 Å². The molecule has 0 bridgehead atoms. The summed E-state index contributed by atoms with van der Waals surface area (Å²) in [5, 5.41) is 2.56. The largest absolute Gasteiger partial charge is 0.444 e. The second kappa shape index (κ2) is 9.15. The highest BCUT2D eigenvalue weighted by molar-refractivity contribution is 6.42. The lowest BCUT2D eigenvalue weighted by Crippen LogP contribution is -2.43. The Labute approximate surface area is 214 Å². The first-order valence-corrected chi connectivity index (χ1v) is 11.7. The number of rotatable bonds is 3. The van der Waals surface area contributed by atoms with Crippen molar-refractivity contribution in [2.45, 2.75) is 38.3 Å². The maximum Gasteiger partial charge on any atom is 0.410 e. The van der Waals surface area contributed by atoms with Crippen LogP contribution in [0, 0.1) is 17.5 Å². The van der Waals surface area contributed by atoms with E-state index in [-0.39, 0.29) is 40.5 Å². The summed E-state index contributed by atoms with van der Waals surface area (Å²) < 4.78 is 52.0. The molecule has 192 valence electrons. The SMILES string of the molecule is Cn1cnc2c(F)c(F)c(N[C@@]3(c4c(F)ccc(Cl)c4Cl)CCN(C(=O)OC(C)(C)C)C3)cc2c1=O. The van der Waals surface area contributed by atoms with Crippen LogP contribution in [0.4, 0.5) is 23.7 Å². The third-order valence-corrected chi connectivity index (χ3v) is 6.71. The smallest absolute Gasteiger partial charge is 0.410 e. The minimum atomic E-state index is -1.53. The molecular weight excluding hydrogens is 520 g/mol. The normalized spacial score (nSPS) is 18.1. The van der Waals surface area contributed by atoms with Gasteiger partial charge in [0.05, 0.1) is 39.5 Å². The molecule has 0 aliphatic carbocycles. The molecule has 4 rings (SSSR count). The van der Waals surface area contributed by atoms with E-state index >= 15 is 8.78 Å². The Bertz CT molecular complexity index is 1440. The fourth-order valence-electron chi connectivity index (χ4n) is 4.27. The van der Waals surface area contributed by atoms with Crippen LogP contribution in [0.3, 0.4) is 0 Å². The molecule has 1 atom stereocenters. The lowest BCUT2D eigenvalue weighted by atomic mass is 9.87. The Morgan fingerprint density at radius 1 is 1.19 bits per heavy atom. The van der Waals surface area contributed by atoms with Gasteiger partial charge in [-0.2, -0.15) is 0 Å². The van der Waals surface area contributed by atoms with Crippen LogP contribution in [0.1, 0.15) is 32.8 Å². The summed E-state index contributed by atoms with van der Waals surface area (Å²) in [6.07, 6.45) is 0.458. The van der Waals surface area contributed by atoms with Crippen molar-refractivity contribution >= 4 is 45.9 Å². The van der Waals surface area contributed by atoms with E-state index < -0.39 is 51.4 Å². The predicted octanol–water partition coefficient (Wildman–Crippen LogP) is 5.61. The van der Waals surface area contributed by atoms with Crippen LogP contribution in [0.2, 0.25) is 10.0 Å². The molecule has 36 heavy (non-hydrogen) atoms. The van der Waals surface area contributed by atoms with Crippen molar-refractivity contribution in [1.29, 1.82) is 0 Å². The molecule has 2 heterocycles. The van der Waals surface area contributed by atoms with Crippen molar-refractivity contribution in [2.75, 3.05) is 18.4 Å². The number of hydrogen-bond acceptors (Lipinski definition) is 5. The summed E-state index contributed by atoms with van der Waals surface area (Å²) in [5.41, 5.74) is -3.92. The van der Waals surface area contributed by atoms with E-state index in [1.807, 2.05) is 0 Å². The van der Waals surface area contributed by atoms with Crippen LogP contribution in [0.25, 0.3) is 10.9 Å². The van der Waals surface area contributed by atoms with Crippen molar-refractivity contribution in [3.05, 3.63) is 67.9 Å². The second-order valence-corrected chi connectivity index (χ2v) is 10.5. The molecule has 1 aromatic heterocycles. The van der Waals surface area contributed by atoms with E-state index in [0.717, 1.165) is 23.0 Å². The van der Waals surface area contributed by atoms with Gasteiger partial charge >= 0.3 is 6.09 Å².